The molecule has 3 nitrogen and oxygen atoms in total. The average molecular weight is 276 g/mol. The summed E-state index contributed by atoms with van der Waals surface area (Å²) in [6.07, 6.45) is 4.77. The third kappa shape index (κ3) is 3.97. The molecule has 3 heteroatoms. The van der Waals surface area contributed by atoms with Gasteiger partial charge in [0, 0.05) is 38.5 Å². The lowest BCUT2D eigenvalue weighted by atomic mass is 10.0. The van der Waals surface area contributed by atoms with E-state index in [1.54, 1.807) is 7.11 Å². The predicted octanol–water partition coefficient (Wildman–Crippen LogP) is 3.36. The highest BCUT2D eigenvalue weighted by Gasteiger charge is 2.21. The number of fused-ring (bicyclic) bond motifs is 1. The monoisotopic (exact) mass is 276 g/mol. The van der Waals surface area contributed by atoms with E-state index in [0.717, 1.165) is 32.7 Å². The molecule has 20 heavy (non-hydrogen) atoms. The summed E-state index contributed by atoms with van der Waals surface area (Å²) in [4.78, 5) is 2.53. The second-order valence-electron chi connectivity index (χ2n) is 5.54. The summed E-state index contributed by atoms with van der Waals surface area (Å²) in [7, 11) is 1.78. The number of nitrogens with zero attached hydrogens (tertiary/aromatic N) is 1. The van der Waals surface area contributed by atoms with Gasteiger partial charge in [-0.2, -0.15) is 0 Å². The van der Waals surface area contributed by atoms with Crippen molar-refractivity contribution in [1.29, 1.82) is 0 Å². The van der Waals surface area contributed by atoms with E-state index >= 15 is 0 Å². The Labute approximate surface area is 123 Å². The Hall–Kier alpha value is -1.06. The SMILES string of the molecule is CCCNC1CCCN(CCCOC)c2ccccc21. The Kier molecular flexibility index (Phi) is 6.34. The van der Waals surface area contributed by atoms with Crippen molar-refractivity contribution < 1.29 is 4.74 Å². The molecule has 1 unspecified atom stereocenters. The van der Waals surface area contributed by atoms with Crippen LogP contribution in [0.25, 0.3) is 0 Å². The van der Waals surface area contributed by atoms with Crippen LogP contribution in [0, 0.1) is 0 Å². The molecule has 0 saturated carbocycles. The topological polar surface area (TPSA) is 24.5 Å². The first-order chi connectivity index (χ1) is 9.86. The van der Waals surface area contributed by atoms with Crippen molar-refractivity contribution in [3.63, 3.8) is 0 Å². The molecular weight excluding hydrogens is 248 g/mol. The van der Waals surface area contributed by atoms with Gasteiger partial charge in [-0.05, 0) is 43.9 Å². The van der Waals surface area contributed by atoms with Crippen molar-refractivity contribution in [3.05, 3.63) is 29.8 Å². The Morgan fingerprint density at radius 3 is 3.00 bits per heavy atom. The molecule has 1 N–H and O–H groups in total. The van der Waals surface area contributed by atoms with Gasteiger partial charge < -0.3 is 15.0 Å². The Morgan fingerprint density at radius 2 is 2.20 bits per heavy atom. The predicted molar refractivity (Wildman–Crippen MR) is 85.4 cm³/mol. The summed E-state index contributed by atoms with van der Waals surface area (Å²) in [5, 5.41) is 3.70. The number of anilines is 1. The van der Waals surface area contributed by atoms with E-state index in [9.17, 15) is 0 Å². The highest BCUT2D eigenvalue weighted by molar-refractivity contribution is 5.55. The van der Waals surface area contributed by atoms with Gasteiger partial charge in [0.05, 0.1) is 0 Å². The zero-order chi connectivity index (χ0) is 14.2. The summed E-state index contributed by atoms with van der Waals surface area (Å²) >= 11 is 0. The minimum atomic E-state index is 0.513. The number of hydrogen-bond donors (Lipinski definition) is 1. The van der Waals surface area contributed by atoms with E-state index in [4.69, 9.17) is 4.74 Å². The minimum absolute atomic E-state index is 0.513. The third-order valence-corrected chi connectivity index (χ3v) is 3.99. The Balaban J connectivity index is 2.12. The van der Waals surface area contributed by atoms with Crippen molar-refractivity contribution in [2.24, 2.45) is 0 Å². The maximum atomic E-state index is 5.19. The molecule has 1 aliphatic heterocycles. The summed E-state index contributed by atoms with van der Waals surface area (Å²) < 4.78 is 5.19. The molecule has 0 aliphatic carbocycles. The molecule has 0 bridgehead atoms. The molecule has 0 aromatic heterocycles. The molecule has 1 heterocycles. The van der Waals surface area contributed by atoms with Gasteiger partial charge in [0.1, 0.15) is 0 Å². The maximum Gasteiger partial charge on any atom is 0.0479 e. The summed E-state index contributed by atoms with van der Waals surface area (Å²) in [6.45, 7) is 6.42. The van der Waals surface area contributed by atoms with Gasteiger partial charge in [0.25, 0.3) is 0 Å². The van der Waals surface area contributed by atoms with E-state index in [0.29, 0.717) is 6.04 Å². The van der Waals surface area contributed by atoms with Crippen LogP contribution in [0.4, 0.5) is 5.69 Å². The molecule has 1 aliphatic rings. The second-order valence-corrected chi connectivity index (χ2v) is 5.54. The van der Waals surface area contributed by atoms with Crippen LogP contribution in [0.2, 0.25) is 0 Å². The Morgan fingerprint density at radius 1 is 1.35 bits per heavy atom. The van der Waals surface area contributed by atoms with Crippen molar-refractivity contribution in [3.8, 4) is 0 Å². The number of methoxy groups -OCH3 is 1. The third-order valence-electron chi connectivity index (χ3n) is 3.99. The molecule has 0 spiro atoms. The molecular formula is C17H28N2O. The lowest BCUT2D eigenvalue weighted by Gasteiger charge is -2.26. The maximum absolute atomic E-state index is 5.19. The summed E-state index contributed by atoms with van der Waals surface area (Å²) in [5.74, 6) is 0. The number of nitrogens with one attached hydrogen (secondary N) is 1. The zero-order valence-corrected chi connectivity index (χ0v) is 12.9. The molecule has 1 aromatic carbocycles. The zero-order valence-electron chi connectivity index (χ0n) is 12.9. The smallest absolute Gasteiger partial charge is 0.0479 e. The van der Waals surface area contributed by atoms with E-state index < -0.39 is 0 Å². The van der Waals surface area contributed by atoms with Gasteiger partial charge in [-0.25, -0.2) is 0 Å². The van der Waals surface area contributed by atoms with Crippen molar-refractivity contribution in [2.45, 2.75) is 38.6 Å². The van der Waals surface area contributed by atoms with E-state index in [1.807, 2.05) is 0 Å². The number of rotatable bonds is 7. The van der Waals surface area contributed by atoms with Gasteiger partial charge in [0.15, 0.2) is 0 Å². The molecule has 112 valence electrons. The fourth-order valence-corrected chi connectivity index (χ4v) is 2.99. The van der Waals surface area contributed by atoms with Crippen LogP contribution in [0.15, 0.2) is 24.3 Å². The summed E-state index contributed by atoms with van der Waals surface area (Å²) in [6, 6.07) is 9.40. The van der Waals surface area contributed by atoms with Crippen molar-refractivity contribution in [1.82, 2.24) is 5.32 Å². The first-order valence-corrected chi connectivity index (χ1v) is 7.93. The second kappa shape index (κ2) is 8.28. The number of hydrogen-bond acceptors (Lipinski definition) is 3. The molecule has 0 fully saturated rings. The summed E-state index contributed by atoms with van der Waals surface area (Å²) in [5.41, 5.74) is 2.88. The molecule has 1 atom stereocenters. The molecule has 0 radical (unpaired) electrons. The number of para-hydroxylation sites is 1. The highest BCUT2D eigenvalue weighted by Crippen LogP contribution is 2.32. The largest absolute Gasteiger partial charge is 0.385 e. The van der Waals surface area contributed by atoms with Crippen LogP contribution in [-0.4, -0.2) is 33.4 Å². The molecule has 0 saturated heterocycles. The fourth-order valence-electron chi connectivity index (χ4n) is 2.99. The van der Waals surface area contributed by atoms with Crippen LogP contribution in [0.3, 0.4) is 0 Å². The van der Waals surface area contributed by atoms with Gasteiger partial charge in [-0.15, -0.1) is 0 Å². The van der Waals surface area contributed by atoms with Crippen LogP contribution in [0.5, 0.6) is 0 Å². The highest BCUT2D eigenvalue weighted by atomic mass is 16.5. The van der Waals surface area contributed by atoms with E-state index in [2.05, 4.69) is 41.4 Å². The van der Waals surface area contributed by atoms with Crippen LogP contribution in [-0.2, 0) is 4.74 Å². The van der Waals surface area contributed by atoms with Crippen molar-refractivity contribution in [2.75, 3.05) is 38.3 Å². The first-order valence-electron chi connectivity index (χ1n) is 7.93. The van der Waals surface area contributed by atoms with Gasteiger partial charge in [0.2, 0.25) is 0 Å². The normalized spacial score (nSPS) is 18.7. The lowest BCUT2D eigenvalue weighted by Crippen LogP contribution is -2.26. The molecule has 0 amide bonds. The minimum Gasteiger partial charge on any atom is -0.385 e. The first kappa shape index (κ1) is 15.3. The fraction of sp³-hybridized carbons (Fsp3) is 0.647. The standard InChI is InChI=1S/C17H28N2O/c1-3-11-18-16-9-6-12-19(13-7-14-20-2)17-10-5-4-8-15(16)17/h4-5,8,10,16,18H,3,6-7,9,11-14H2,1-2H3. The lowest BCUT2D eigenvalue weighted by molar-refractivity contribution is 0.196. The van der Waals surface area contributed by atoms with E-state index in [-0.39, 0.29) is 0 Å². The number of benzene rings is 1. The van der Waals surface area contributed by atoms with E-state index in [1.165, 1.54) is 30.5 Å². The quantitative estimate of drug-likeness (QED) is 0.773. The Bertz CT molecular complexity index is 394. The van der Waals surface area contributed by atoms with Crippen LogP contribution < -0.4 is 10.2 Å². The van der Waals surface area contributed by atoms with Gasteiger partial charge >= 0.3 is 0 Å². The van der Waals surface area contributed by atoms with Crippen LogP contribution in [0.1, 0.15) is 44.2 Å². The number of ether oxygens (including phenoxy) is 1. The van der Waals surface area contributed by atoms with Crippen molar-refractivity contribution >= 4 is 5.69 Å². The van der Waals surface area contributed by atoms with Gasteiger partial charge in [-0.3, -0.25) is 0 Å². The molecule has 2 rings (SSSR count). The van der Waals surface area contributed by atoms with Gasteiger partial charge in [-0.1, -0.05) is 25.1 Å². The molecule has 1 aromatic rings. The average Bonchev–Trinajstić information content (AvgIpc) is 2.66. The van der Waals surface area contributed by atoms with Crippen LogP contribution >= 0.6 is 0 Å².